The van der Waals surface area contributed by atoms with Gasteiger partial charge in [0.05, 0.1) is 0 Å². The molecule has 0 unspecified atom stereocenters. The molecule has 1 heterocycles. The van der Waals surface area contributed by atoms with Crippen LogP contribution in [-0.4, -0.2) is 46.8 Å². The van der Waals surface area contributed by atoms with Gasteiger partial charge in [-0.05, 0) is 36.6 Å². The number of hydrogen-bond acceptors (Lipinski definition) is 5. The van der Waals surface area contributed by atoms with Crippen LogP contribution in [0.3, 0.4) is 0 Å². The van der Waals surface area contributed by atoms with E-state index < -0.39 is 0 Å². The van der Waals surface area contributed by atoms with Crippen molar-refractivity contribution in [3.05, 3.63) is 77.4 Å². The predicted molar refractivity (Wildman–Crippen MR) is 119 cm³/mol. The Bertz CT molecular complexity index is 930. The van der Waals surface area contributed by atoms with E-state index >= 15 is 0 Å². The molecule has 3 rings (SSSR count). The van der Waals surface area contributed by atoms with Crippen LogP contribution in [0.4, 0.5) is 9.52 Å². The molecular formula is C23H27FN4OS. The van der Waals surface area contributed by atoms with Crippen LogP contribution in [0.5, 0.6) is 0 Å². The van der Waals surface area contributed by atoms with E-state index in [1.165, 1.54) is 29.2 Å². The second-order valence-corrected chi connectivity index (χ2v) is 7.91. The van der Waals surface area contributed by atoms with E-state index in [9.17, 15) is 9.18 Å². The van der Waals surface area contributed by atoms with Gasteiger partial charge in [0.1, 0.15) is 11.6 Å². The van der Waals surface area contributed by atoms with E-state index in [1.807, 2.05) is 37.4 Å². The molecule has 2 aromatic carbocycles. The second-order valence-electron chi connectivity index (χ2n) is 7.18. The highest BCUT2D eigenvalue weighted by atomic mass is 32.1. The number of carbonyl (C=O) groups excluding carboxylic acids is 1. The first-order chi connectivity index (χ1) is 14.5. The summed E-state index contributed by atoms with van der Waals surface area (Å²) >= 11 is 1.36. The van der Waals surface area contributed by atoms with Gasteiger partial charge in [-0.25, -0.2) is 9.37 Å². The molecule has 0 aliphatic heterocycles. The topological polar surface area (TPSA) is 49.3 Å². The van der Waals surface area contributed by atoms with Gasteiger partial charge in [-0.15, -0.1) is 0 Å². The minimum Gasteiger partial charge on any atom is -0.345 e. The van der Waals surface area contributed by atoms with Crippen molar-refractivity contribution in [3.8, 4) is 0 Å². The number of halogens is 1. The number of benzene rings is 2. The lowest BCUT2D eigenvalue weighted by molar-refractivity contribution is -0.129. The Kier molecular flexibility index (Phi) is 7.90. The maximum Gasteiger partial charge on any atom is 0.222 e. The van der Waals surface area contributed by atoms with Gasteiger partial charge in [0, 0.05) is 51.1 Å². The summed E-state index contributed by atoms with van der Waals surface area (Å²) in [7, 11) is 1.85. The molecule has 1 amide bonds. The molecule has 3 aromatic rings. The van der Waals surface area contributed by atoms with Gasteiger partial charge in [0.2, 0.25) is 11.0 Å². The van der Waals surface area contributed by atoms with Crippen molar-refractivity contribution in [2.75, 3.05) is 31.6 Å². The number of rotatable bonds is 10. The quantitative estimate of drug-likeness (QED) is 0.488. The Labute approximate surface area is 181 Å². The fourth-order valence-electron chi connectivity index (χ4n) is 3.10. The SMILES string of the molecule is CCN(CCN(C)C(=O)CCc1ccccc1)c1nc(Cc2ccc(F)cc2)ns1. The summed E-state index contributed by atoms with van der Waals surface area (Å²) in [5, 5.41) is 0.847. The van der Waals surface area contributed by atoms with Gasteiger partial charge in [0.15, 0.2) is 0 Å². The molecule has 0 spiro atoms. The van der Waals surface area contributed by atoms with E-state index in [4.69, 9.17) is 0 Å². The van der Waals surface area contributed by atoms with E-state index in [2.05, 4.69) is 21.2 Å². The first-order valence-electron chi connectivity index (χ1n) is 10.1. The average molecular weight is 427 g/mol. The molecule has 0 radical (unpaired) electrons. The summed E-state index contributed by atoms with van der Waals surface area (Å²) < 4.78 is 17.5. The van der Waals surface area contributed by atoms with Gasteiger partial charge < -0.3 is 9.80 Å². The molecule has 0 saturated heterocycles. The van der Waals surface area contributed by atoms with E-state index in [1.54, 1.807) is 17.0 Å². The molecule has 0 N–H and O–H groups in total. The Morgan fingerprint density at radius 3 is 2.47 bits per heavy atom. The lowest BCUT2D eigenvalue weighted by atomic mass is 10.1. The summed E-state index contributed by atoms with van der Waals surface area (Å²) in [6, 6.07) is 16.5. The normalized spacial score (nSPS) is 10.8. The Balaban J connectivity index is 1.49. The van der Waals surface area contributed by atoms with Crippen LogP contribution in [0.15, 0.2) is 54.6 Å². The highest BCUT2D eigenvalue weighted by Gasteiger charge is 2.14. The minimum atomic E-state index is -0.245. The van der Waals surface area contributed by atoms with Crippen molar-refractivity contribution >= 4 is 22.6 Å². The molecular weight excluding hydrogens is 399 g/mol. The van der Waals surface area contributed by atoms with Crippen LogP contribution in [-0.2, 0) is 17.6 Å². The van der Waals surface area contributed by atoms with Crippen molar-refractivity contribution in [2.45, 2.75) is 26.2 Å². The Morgan fingerprint density at radius 1 is 1.03 bits per heavy atom. The second kappa shape index (κ2) is 10.8. The molecule has 0 fully saturated rings. The van der Waals surface area contributed by atoms with E-state index in [0.717, 1.165) is 29.5 Å². The molecule has 1 aromatic heterocycles. The lowest BCUT2D eigenvalue weighted by Gasteiger charge is -2.24. The highest BCUT2D eigenvalue weighted by molar-refractivity contribution is 7.09. The maximum absolute atomic E-state index is 13.1. The van der Waals surface area contributed by atoms with Gasteiger partial charge in [-0.2, -0.15) is 4.37 Å². The standard InChI is InChI=1S/C23H27FN4OS/c1-3-28(16-15-27(2)22(29)14-11-18-7-5-4-6-8-18)23-25-21(26-30-23)17-19-9-12-20(24)13-10-19/h4-10,12-13H,3,11,14-17H2,1-2H3. The van der Waals surface area contributed by atoms with Gasteiger partial charge in [-0.1, -0.05) is 42.5 Å². The van der Waals surface area contributed by atoms with Crippen LogP contribution < -0.4 is 4.90 Å². The van der Waals surface area contributed by atoms with Crippen molar-refractivity contribution in [1.82, 2.24) is 14.3 Å². The largest absolute Gasteiger partial charge is 0.345 e. The first-order valence-corrected chi connectivity index (χ1v) is 10.9. The molecule has 30 heavy (non-hydrogen) atoms. The smallest absolute Gasteiger partial charge is 0.222 e. The van der Waals surface area contributed by atoms with Crippen molar-refractivity contribution < 1.29 is 9.18 Å². The van der Waals surface area contributed by atoms with E-state index in [-0.39, 0.29) is 11.7 Å². The van der Waals surface area contributed by atoms with Crippen LogP contribution >= 0.6 is 11.5 Å². The fourth-order valence-corrected chi connectivity index (χ4v) is 3.88. The molecule has 0 atom stereocenters. The fraction of sp³-hybridized carbons (Fsp3) is 0.348. The third-order valence-electron chi connectivity index (χ3n) is 4.99. The number of nitrogens with zero attached hydrogens (tertiary/aromatic N) is 4. The van der Waals surface area contributed by atoms with Crippen LogP contribution in [0, 0.1) is 5.82 Å². The highest BCUT2D eigenvalue weighted by Crippen LogP contribution is 2.19. The van der Waals surface area contributed by atoms with Gasteiger partial charge >= 0.3 is 0 Å². The molecule has 0 aliphatic rings. The number of carbonyl (C=O) groups is 1. The molecule has 0 bridgehead atoms. The third kappa shape index (κ3) is 6.35. The summed E-state index contributed by atoms with van der Waals surface area (Å²) in [5.74, 6) is 0.627. The summed E-state index contributed by atoms with van der Waals surface area (Å²) in [5.41, 5.74) is 2.16. The zero-order chi connectivity index (χ0) is 21.3. The monoisotopic (exact) mass is 426 g/mol. The molecule has 7 heteroatoms. The number of likely N-dealkylation sites (N-methyl/N-ethyl adjacent to an activating group) is 2. The van der Waals surface area contributed by atoms with E-state index in [0.29, 0.717) is 25.9 Å². The summed E-state index contributed by atoms with van der Waals surface area (Å²) in [6.07, 6.45) is 1.84. The van der Waals surface area contributed by atoms with Gasteiger partial charge in [0.25, 0.3) is 0 Å². The molecule has 0 saturated carbocycles. The first kappa shape index (κ1) is 21.9. The van der Waals surface area contributed by atoms with Crippen LogP contribution in [0.1, 0.15) is 30.3 Å². The number of hydrogen-bond donors (Lipinski definition) is 0. The summed E-state index contributed by atoms with van der Waals surface area (Å²) in [6.45, 7) is 4.19. The third-order valence-corrected chi connectivity index (χ3v) is 5.80. The number of aryl methyl sites for hydroxylation is 1. The van der Waals surface area contributed by atoms with Crippen LogP contribution in [0.25, 0.3) is 0 Å². The molecule has 5 nitrogen and oxygen atoms in total. The average Bonchev–Trinajstić information content (AvgIpc) is 3.23. The predicted octanol–water partition coefficient (Wildman–Crippen LogP) is 4.19. The maximum atomic E-state index is 13.1. The molecule has 0 aliphatic carbocycles. The number of anilines is 1. The van der Waals surface area contributed by atoms with Crippen molar-refractivity contribution in [1.29, 1.82) is 0 Å². The minimum absolute atomic E-state index is 0.143. The lowest BCUT2D eigenvalue weighted by Crippen LogP contribution is -2.36. The number of aromatic nitrogens is 2. The Morgan fingerprint density at radius 2 is 1.77 bits per heavy atom. The molecule has 158 valence electrons. The number of amides is 1. The summed E-state index contributed by atoms with van der Waals surface area (Å²) in [4.78, 5) is 21.0. The van der Waals surface area contributed by atoms with Crippen molar-refractivity contribution in [3.63, 3.8) is 0 Å². The van der Waals surface area contributed by atoms with Crippen molar-refractivity contribution in [2.24, 2.45) is 0 Å². The van der Waals surface area contributed by atoms with Crippen LogP contribution in [0.2, 0.25) is 0 Å². The van der Waals surface area contributed by atoms with Gasteiger partial charge in [-0.3, -0.25) is 4.79 Å². The Hall–Kier alpha value is -2.80. The zero-order valence-corrected chi connectivity index (χ0v) is 18.2. The zero-order valence-electron chi connectivity index (χ0n) is 17.4.